The Balaban J connectivity index is 3.08. The van der Waals surface area contributed by atoms with Gasteiger partial charge in [-0.05, 0) is 0 Å². The quantitative estimate of drug-likeness (QED) is 0.477. The number of carboxylic acid groups (broad SMARTS) is 2. The van der Waals surface area contributed by atoms with Gasteiger partial charge in [0, 0.05) is 13.1 Å². The number of anilines is 1. The summed E-state index contributed by atoms with van der Waals surface area (Å²) >= 11 is 0. The van der Waals surface area contributed by atoms with E-state index in [1.165, 1.54) is 0 Å². The number of hydrogen-bond donors (Lipinski definition) is 4. The van der Waals surface area contributed by atoms with Gasteiger partial charge in [0.25, 0.3) is 0 Å². The second-order valence-electron chi connectivity index (χ2n) is 2.63. The van der Waals surface area contributed by atoms with Crippen molar-refractivity contribution < 1.29 is 19.8 Å². The summed E-state index contributed by atoms with van der Waals surface area (Å²) in [4.78, 5) is 31.5. The highest BCUT2D eigenvalue weighted by molar-refractivity contribution is 5.87. The first-order valence-electron chi connectivity index (χ1n) is 4.21. The first-order valence-corrected chi connectivity index (χ1v) is 4.21. The number of nitrogens with one attached hydrogen (secondary N) is 1. The lowest BCUT2D eigenvalue weighted by atomic mass is 10.5. The number of aromatic nitrogens is 3. The van der Waals surface area contributed by atoms with Crippen LogP contribution in [0.3, 0.4) is 0 Å². The number of aromatic carboxylic acids is 2. The van der Waals surface area contributed by atoms with E-state index in [1.807, 2.05) is 0 Å². The number of rotatable bonds is 5. The third-order valence-corrected chi connectivity index (χ3v) is 1.45. The van der Waals surface area contributed by atoms with E-state index in [0.29, 0.717) is 6.54 Å². The van der Waals surface area contributed by atoms with Crippen LogP contribution in [0.4, 0.5) is 5.95 Å². The van der Waals surface area contributed by atoms with Crippen molar-refractivity contribution in [3.8, 4) is 0 Å². The molecule has 1 heterocycles. The molecule has 1 aromatic heterocycles. The Hall–Kier alpha value is -2.29. The van der Waals surface area contributed by atoms with E-state index in [0.717, 1.165) is 0 Å². The molecule has 0 fully saturated rings. The average Bonchev–Trinajstić information content (AvgIpc) is 2.25. The third-order valence-electron chi connectivity index (χ3n) is 1.45. The fourth-order valence-electron chi connectivity index (χ4n) is 0.830. The molecule has 0 aliphatic carbocycles. The number of carbonyl (C=O) groups is 2. The average molecular weight is 227 g/mol. The topological polar surface area (TPSA) is 151 Å². The summed E-state index contributed by atoms with van der Waals surface area (Å²) in [6, 6.07) is 0. The molecule has 0 saturated heterocycles. The van der Waals surface area contributed by atoms with Crippen molar-refractivity contribution in [1.29, 1.82) is 0 Å². The van der Waals surface area contributed by atoms with Crippen LogP contribution < -0.4 is 11.1 Å². The largest absolute Gasteiger partial charge is 0.475 e. The molecule has 5 N–H and O–H groups in total. The van der Waals surface area contributed by atoms with E-state index >= 15 is 0 Å². The molecule has 0 amide bonds. The molecule has 0 radical (unpaired) electrons. The van der Waals surface area contributed by atoms with E-state index in [9.17, 15) is 9.59 Å². The van der Waals surface area contributed by atoms with Crippen molar-refractivity contribution >= 4 is 17.9 Å². The van der Waals surface area contributed by atoms with Gasteiger partial charge in [-0.25, -0.2) is 9.59 Å². The van der Waals surface area contributed by atoms with Gasteiger partial charge in [0.05, 0.1) is 0 Å². The summed E-state index contributed by atoms with van der Waals surface area (Å²) < 4.78 is 0. The Morgan fingerprint density at radius 1 is 1.12 bits per heavy atom. The van der Waals surface area contributed by atoms with Crippen molar-refractivity contribution in [1.82, 2.24) is 15.0 Å². The summed E-state index contributed by atoms with van der Waals surface area (Å²) in [5, 5.41) is 19.9. The molecule has 0 spiro atoms. The second kappa shape index (κ2) is 4.98. The van der Waals surface area contributed by atoms with Crippen LogP contribution in [0.15, 0.2) is 0 Å². The molecule has 0 atom stereocenters. The third kappa shape index (κ3) is 2.85. The zero-order chi connectivity index (χ0) is 12.1. The van der Waals surface area contributed by atoms with Gasteiger partial charge in [-0.1, -0.05) is 0 Å². The molecule has 0 saturated carbocycles. The van der Waals surface area contributed by atoms with Crippen LogP contribution in [-0.2, 0) is 0 Å². The van der Waals surface area contributed by atoms with E-state index in [-0.39, 0.29) is 12.5 Å². The monoisotopic (exact) mass is 227 g/mol. The van der Waals surface area contributed by atoms with Crippen molar-refractivity contribution in [3.63, 3.8) is 0 Å². The SMILES string of the molecule is NCCNc1nc(C(=O)O)nc(C(=O)O)n1. The van der Waals surface area contributed by atoms with Gasteiger partial charge in [-0.3, -0.25) is 0 Å². The molecule has 0 aliphatic heterocycles. The Bertz CT molecular complexity index is 389. The molecule has 0 aliphatic rings. The molecule has 1 rings (SSSR count). The zero-order valence-electron chi connectivity index (χ0n) is 8.04. The maximum Gasteiger partial charge on any atom is 0.374 e. The van der Waals surface area contributed by atoms with Gasteiger partial charge in [-0.2, -0.15) is 15.0 Å². The lowest BCUT2D eigenvalue weighted by Gasteiger charge is -2.03. The molecule has 0 aromatic carbocycles. The Labute approximate surface area is 89.4 Å². The van der Waals surface area contributed by atoms with Crippen molar-refractivity contribution in [2.75, 3.05) is 18.4 Å². The summed E-state index contributed by atoms with van der Waals surface area (Å²) in [7, 11) is 0. The normalized spacial score (nSPS) is 9.81. The van der Waals surface area contributed by atoms with Gasteiger partial charge in [0.15, 0.2) is 0 Å². The van der Waals surface area contributed by atoms with E-state index in [1.54, 1.807) is 0 Å². The molecular formula is C7H9N5O4. The first-order chi connectivity index (χ1) is 7.54. The van der Waals surface area contributed by atoms with Gasteiger partial charge < -0.3 is 21.3 Å². The highest BCUT2D eigenvalue weighted by Crippen LogP contribution is 2.01. The van der Waals surface area contributed by atoms with Crippen LogP contribution in [0.25, 0.3) is 0 Å². The number of nitrogens with zero attached hydrogens (tertiary/aromatic N) is 3. The van der Waals surface area contributed by atoms with Gasteiger partial charge in [0.2, 0.25) is 17.6 Å². The van der Waals surface area contributed by atoms with E-state index in [2.05, 4.69) is 20.3 Å². The lowest BCUT2D eigenvalue weighted by molar-refractivity contribution is 0.0675. The molecule has 9 heteroatoms. The number of hydrogen-bond acceptors (Lipinski definition) is 7. The fourth-order valence-corrected chi connectivity index (χ4v) is 0.830. The van der Waals surface area contributed by atoms with Crippen LogP contribution >= 0.6 is 0 Å². The van der Waals surface area contributed by atoms with Crippen molar-refractivity contribution in [3.05, 3.63) is 11.6 Å². The summed E-state index contributed by atoms with van der Waals surface area (Å²) in [6.45, 7) is 0.568. The molecule has 0 bridgehead atoms. The van der Waals surface area contributed by atoms with Crippen LogP contribution in [0.1, 0.15) is 21.2 Å². The summed E-state index contributed by atoms with van der Waals surface area (Å²) in [5.74, 6) is -4.25. The van der Waals surface area contributed by atoms with Crippen molar-refractivity contribution in [2.24, 2.45) is 5.73 Å². The van der Waals surface area contributed by atoms with Crippen LogP contribution in [0.5, 0.6) is 0 Å². The molecule has 16 heavy (non-hydrogen) atoms. The molecule has 1 aromatic rings. The zero-order valence-corrected chi connectivity index (χ0v) is 8.04. The minimum atomic E-state index is -1.43. The predicted octanol–water partition coefficient (Wildman–Crippen LogP) is -1.36. The van der Waals surface area contributed by atoms with Gasteiger partial charge in [0.1, 0.15) is 0 Å². The highest BCUT2D eigenvalue weighted by Gasteiger charge is 2.16. The summed E-state index contributed by atoms with van der Waals surface area (Å²) in [6.07, 6.45) is 0. The van der Waals surface area contributed by atoms with Crippen LogP contribution in [0, 0.1) is 0 Å². The van der Waals surface area contributed by atoms with E-state index in [4.69, 9.17) is 15.9 Å². The van der Waals surface area contributed by atoms with Gasteiger partial charge >= 0.3 is 11.9 Å². The van der Waals surface area contributed by atoms with Crippen molar-refractivity contribution in [2.45, 2.75) is 0 Å². The van der Waals surface area contributed by atoms with E-state index < -0.39 is 23.6 Å². The summed E-state index contributed by atoms with van der Waals surface area (Å²) in [5.41, 5.74) is 5.21. The maximum absolute atomic E-state index is 10.6. The predicted molar refractivity (Wildman–Crippen MR) is 51.3 cm³/mol. The van der Waals surface area contributed by atoms with Crippen LogP contribution in [-0.4, -0.2) is 50.2 Å². The molecule has 0 unspecified atom stereocenters. The highest BCUT2D eigenvalue weighted by atomic mass is 16.4. The van der Waals surface area contributed by atoms with Gasteiger partial charge in [-0.15, -0.1) is 0 Å². The Morgan fingerprint density at radius 3 is 2.00 bits per heavy atom. The number of nitrogens with two attached hydrogens (primary N) is 1. The second-order valence-corrected chi connectivity index (χ2v) is 2.63. The maximum atomic E-state index is 10.6. The molecule has 9 nitrogen and oxygen atoms in total. The standard InChI is InChI=1S/C7H9N5O4/c8-1-2-9-7-11-3(5(13)14)10-4(12-7)6(15)16/h1-2,8H2,(H,13,14)(H,15,16)(H,9,10,11,12). The minimum absolute atomic E-state index is 0.129. The molecule has 86 valence electrons. The molecular weight excluding hydrogens is 218 g/mol. The van der Waals surface area contributed by atoms with Crippen LogP contribution in [0.2, 0.25) is 0 Å². The fraction of sp³-hybridized carbons (Fsp3) is 0.286. The first kappa shape index (κ1) is 11.8. The Morgan fingerprint density at radius 2 is 1.62 bits per heavy atom. The minimum Gasteiger partial charge on any atom is -0.475 e. The number of carboxylic acids is 2. The smallest absolute Gasteiger partial charge is 0.374 e. The Kier molecular flexibility index (Phi) is 3.67. The lowest BCUT2D eigenvalue weighted by Crippen LogP contribution is -2.19.